The van der Waals surface area contributed by atoms with Crippen molar-refractivity contribution < 1.29 is 0 Å². The zero-order valence-electron chi connectivity index (χ0n) is 9.10. The molecule has 0 heterocycles. The van der Waals surface area contributed by atoms with Gasteiger partial charge in [-0.2, -0.15) is 0 Å². The van der Waals surface area contributed by atoms with Gasteiger partial charge >= 0.3 is 0 Å². The molecule has 0 amide bonds. The molecule has 0 spiro atoms. The van der Waals surface area contributed by atoms with Crippen LogP contribution in [0.15, 0.2) is 52.3 Å². The lowest BCUT2D eigenvalue weighted by Gasteiger charge is -2.05. The SMILES string of the molecule is Cc1cc(Sc2ccc(N)cc2)ccc1N. The van der Waals surface area contributed by atoms with E-state index < -0.39 is 0 Å². The summed E-state index contributed by atoms with van der Waals surface area (Å²) in [4.78, 5) is 2.37. The number of aryl methyl sites for hydroxylation is 1. The van der Waals surface area contributed by atoms with E-state index in [1.807, 2.05) is 43.3 Å². The van der Waals surface area contributed by atoms with E-state index in [1.165, 1.54) is 9.79 Å². The predicted octanol–water partition coefficient (Wildman–Crippen LogP) is 3.31. The maximum absolute atomic E-state index is 5.78. The molecule has 0 bridgehead atoms. The van der Waals surface area contributed by atoms with Crippen LogP contribution in [0.4, 0.5) is 11.4 Å². The van der Waals surface area contributed by atoms with Gasteiger partial charge in [-0.15, -0.1) is 0 Å². The number of benzene rings is 2. The zero-order chi connectivity index (χ0) is 11.5. The van der Waals surface area contributed by atoms with E-state index in [0.29, 0.717) is 0 Å². The van der Waals surface area contributed by atoms with Gasteiger partial charge in [0.2, 0.25) is 0 Å². The standard InChI is InChI=1S/C13H14N2S/c1-9-8-12(6-7-13(9)15)16-11-4-2-10(14)3-5-11/h2-8H,14-15H2,1H3. The van der Waals surface area contributed by atoms with Crippen LogP contribution >= 0.6 is 11.8 Å². The van der Waals surface area contributed by atoms with Gasteiger partial charge in [0.25, 0.3) is 0 Å². The van der Waals surface area contributed by atoms with Crippen LogP contribution in [0, 0.1) is 6.92 Å². The highest BCUT2D eigenvalue weighted by molar-refractivity contribution is 7.99. The molecular formula is C13H14N2S. The van der Waals surface area contributed by atoms with E-state index >= 15 is 0 Å². The largest absolute Gasteiger partial charge is 0.399 e. The molecule has 0 aliphatic rings. The highest BCUT2D eigenvalue weighted by Crippen LogP contribution is 2.29. The molecule has 2 nitrogen and oxygen atoms in total. The molecule has 0 unspecified atom stereocenters. The molecule has 0 saturated heterocycles. The van der Waals surface area contributed by atoms with E-state index in [2.05, 4.69) is 6.07 Å². The van der Waals surface area contributed by atoms with Crippen molar-refractivity contribution in [2.45, 2.75) is 16.7 Å². The molecule has 2 aromatic carbocycles. The summed E-state index contributed by atoms with van der Waals surface area (Å²) in [5, 5.41) is 0. The summed E-state index contributed by atoms with van der Waals surface area (Å²) >= 11 is 1.71. The summed E-state index contributed by atoms with van der Waals surface area (Å²) in [6, 6.07) is 13.9. The van der Waals surface area contributed by atoms with Crippen molar-refractivity contribution in [3.63, 3.8) is 0 Å². The maximum atomic E-state index is 5.78. The van der Waals surface area contributed by atoms with E-state index in [-0.39, 0.29) is 0 Å². The van der Waals surface area contributed by atoms with Crippen LogP contribution in [0.25, 0.3) is 0 Å². The minimum Gasteiger partial charge on any atom is -0.399 e. The van der Waals surface area contributed by atoms with Gasteiger partial charge in [0.05, 0.1) is 0 Å². The summed E-state index contributed by atoms with van der Waals surface area (Å²) in [6.07, 6.45) is 0. The molecule has 3 heteroatoms. The van der Waals surface area contributed by atoms with Gasteiger partial charge in [0.15, 0.2) is 0 Å². The first-order valence-corrected chi connectivity index (χ1v) is 5.86. The summed E-state index contributed by atoms with van der Waals surface area (Å²) in [6.45, 7) is 2.02. The molecule has 0 aliphatic carbocycles. The topological polar surface area (TPSA) is 52.0 Å². The molecule has 2 rings (SSSR count). The van der Waals surface area contributed by atoms with E-state index in [9.17, 15) is 0 Å². The molecule has 0 aliphatic heterocycles. The Kier molecular flexibility index (Phi) is 3.06. The average Bonchev–Trinajstić information content (AvgIpc) is 2.27. The summed E-state index contributed by atoms with van der Waals surface area (Å²) in [7, 11) is 0. The maximum Gasteiger partial charge on any atom is 0.0344 e. The minimum atomic E-state index is 0.790. The second-order valence-corrected chi connectivity index (χ2v) is 4.84. The van der Waals surface area contributed by atoms with Gasteiger partial charge in [0, 0.05) is 21.2 Å². The Morgan fingerprint density at radius 3 is 2.12 bits per heavy atom. The third kappa shape index (κ3) is 2.49. The lowest BCUT2D eigenvalue weighted by atomic mass is 10.2. The van der Waals surface area contributed by atoms with Crippen molar-refractivity contribution in [2.75, 3.05) is 11.5 Å². The Morgan fingerprint density at radius 2 is 1.50 bits per heavy atom. The lowest BCUT2D eigenvalue weighted by Crippen LogP contribution is -1.88. The quantitative estimate of drug-likeness (QED) is 0.778. The minimum absolute atomic E-state index is 0.790. The molecule has 82 valence electrons. The third-order valence-electron chi connectivity index (χ3n) is 2.36. The monoisotopic (exact) mass is 230 g/mol. The molecule has 0 atom stereocenters. The van der Waals surface area contributed by atoms with Crippen LogP contribution in [0.2, 0.25) is 0 Å². The average molecular weight is 230 g/mol. The first-order chi connectivity index (χ1) is 7.65. The van der Waals surface area contributed by atoms with Crippen molar-refractivity contribution in [1.29, 1.82) is 0 Å². The van der Waals surface area contributed by atoms with Gasteiger partial charge < -0.3 is 11.5 Å². The van der Waals surface area contributed by atoms with Gasteiger partial charge in [0.1, 0.15) is 0 Å². The zero-order valence-corrected chi connectivity index (χ0v) is 9.92. The van der Waals surface area contributed by atoms with Crippen molar-refractivity contribution >= 4 is 23.1 Å². The fraction of sp³-hybridized carbons (Fsp3) is 0.0769. The number of rotatable bonds is 2. The van der Waals surface area contributed by atoms with E-state index in [1.54, 1.807) is 11.8 Å². The van der Waals surface area contributed by atoms with Crippen LogP contribution in [0.5, 0.6) is 0 Å². The Labute approximate surface area is 99.7 Å². The van der Waals surface area contributed by atoms with Crippen molar-refractivity contribution in [3.05, 3.63) is 48.0 Å². The highest BCUT2D eigenvalue weighted by atomic mass is 32.2. The molecule has 2 aromatic rings. The number of hydrogen-bond acceptors (Lipinski definition) is 3. The fourth-order valence-electron chi connectivity index (χ4n) is 1.38. The normalized spacial score (nSPS) is 10.3. The Bertz CT molecular complexity index is 492. The first-order valence-electron chi connectivity index (χ1n) is 5.04. The van der Waals surface area contributed by atoms with Crippen molar-refractivity contribution in [3.8, 4) is 0 Å². The van der Waals surface area contributed by atoms with Crippen LogP contribution in [-0.4, -0.2) is 0 Å². The smallest absolute Gasteiger partial charge is 0.0344 e. The molecular weight excluding hydrogens is 216 g/mol. The Balaban J connectivity index is 2.20. The molecule has 0 radical (unpaired) electrons. The van der Waals surface area contributed by atoms with E-state index in [0.717, 1.165) is 16.9 Å². The molecule has 16 heavy (non-hydrogen) atoms. The van der Waals surface area contributed by atoms with Gasteiger partial charge in [-0.25, -0.2) is 0 Å². The van der Waals surface area contributed by atoms with Gasteiger partial charge in [-0.1, -0.05) is 11.8 Å². The van der Waals surface area contributed by atoms with Crippen molar-refractivity contribution in [2.24, 2.45) is 0 Å². The molecule has 0 aromatic heterocycles. The molecule has 0 saturated carbocycles. The van der Waals surface area contributed by atoms with Crippen LogP contribution in [0.1, 0.15) is 5.56 Å². The summed E-state index contributed by atoms with van der Waals surface area (Å²) in [5.41, 5.74) is 14.2. The van der Waals surface area contributed by atoms with Gasteiger partial charge in [-0.05, 0) is 55.0 Å². The van der Waals surface area contributed by atoms with Crippen LogP contribution in [-0.2, 0) is 0 Å². The Hall–Kier alpha value is -1.61. The second kappa shape index (κ2) is 4.49. The number of anilines is 2. The van der Waals surface area contributed by atoms with Crippen molar-refractivity contribution in [1.82, 2.24) is 0 Å². The number of nitrogens with two attached hydrogens (primary N) is 2. The Morgan fingerprint density at radius 1 is 0.875 bits per heavy atom. The highest BCUT2D eigenvalue weighted by Gasteiger charge is 1.99. The van der Waals surface area contributed by atoms with Crippen LogP contribution < -0.4 is 11.5 Å². The van der Waals surface area contributed by atoms with E-state index in [4.69, 9.17) is 11.5 Å². The number of nitrogen functional groups attached to an aromatic ring is 2. The summed E-state index contributed by atoms with van der Waals surface area (Å²) in [5.74, 6) is 0. The molecule has 0 fully saturated rings. The second-order valence-electron chi connectivity index (χ2n) is 3.69. The fourth-order valence-corrected chi connectivity index (χ4v) is 2.30. The predicted molar refractivity (Wildman–Crippen MR) is 70.6 cm³/mol. The number of hydrogen-bond donors (Lipinski definition) is 2. The molecule has 4 N–H and O–H groups in total. The first kappa shape index (κ1) is 10.9. The third-order valence-corrected chi connectivity index (χ3v) is 3.35. The lowest BCUT2D eigenvalue weighted by molar-refractivity contribution is 1.35. The summed E-state index contributed by atoms with van der Waals surface area (Å²) < 4.78 is 0. The van der Waals surface area contributed by atoms with Gasteiger partial charge in [-0.3, -0.25) is 0 Å². The van der Waals surface area contributed by atoms with Crippen LogP contribution in [0.3, 0.4) is 0 Å².